The smallest absolute Gasteiger partial charge is 0.339 e. The molecule has 3 rings (SSSR count). The van der Waals surface area contributed by atoms with Gasteiger partial charge in [0.1, 0.15) is 11.3 Å². The molecule has 0 unspecified atom stereocenters. The van der Waals surface area contributed by atoms with Crippen LogP contribution in [0.15, 0.2) is 27.4 Å². The monoisotopic (exact) mass is 380 g/mol. The third-order valence-electron chi connectivity index (χ3n) is 4.78. The number of carbonyl (C=O) groups is 1. The Morgan fingerprint density at radius 3 is 2.88 bits per heavy atom. The van der Waals surface area contributed by atoms with Crippen LogP contribution in [0, 0.1) is 6.92 Å². The molecule has 2 heterocycles. The molecular weight excluding hydrogens is 356 g/mol. The zero-order valence-electron chi connectivity index (χ0n) is 15.2. The summed E-state index contributed by atoms with van der Waals surface area (Å²) in [6, 6.07) is 5.44. The summed E-state index contributed by atoms with van der Waals surface area (Å²) in [6.07, 6.45) is 1.69. The van der Waals surface area contributed by atoms with Gasteiger partial charge in [0.05, 0.1) is 7.11 Å². The predicted octanol–water partition coefficient (Wildman–Crippen LogP) is 2.29. The van der Waals surface area contributed by atoms with Crippen LogP contribution in [0.2, 0.25) is 0 Å². The number of halogens is 1. The Morgan fingerprint density at radius 1 is 1.31 bits per heavy atom. The van der Waals surface area contributed by atoms with Gasteiger partial charge >= 0.3 is 5.63 Å². The van der Waals surface area contributed by atoms with Crippen LogP contribution < -0.4 is 15.7 Å². The number of aryl methyl sites for hydroxylation is 1. The van der Waals surface area contributed by atoms with Gasteiger partial charge in [0.15, 0.2) is 0 Å². The van der Waals surface area contributed by atoms with E-state index < -0.39 is 0 Å². The SMILES string of the molecule is COc1ccc2c(C)c(CCC(=O)N3CCCNCC3)c(=O)oc2c1.Cl. The largest absolute Gasteiger partial charge is 0.497 e. The second-order valence-electron chi connectivity index (χ2n) is 6.34. The molecule has 1 aliphatic rings. The van der Waals surface area contributed by atoms with Crippen molar-refractivity contribution in [1.29, 1.82) is 0 Å². The number of carbonyl (C=O) groups excluding carboxylic acids is 1. The molecule has 1 fully saturated rings. The summed E-state index contributed by atoms with van der Waals surface area (Å²) in [4.78, 5) is 26.7. The van der Waals surface area contributed by atoms with Gasteiger partial charge < -0.3 is 19.4 Å². The van der Waals surface area contributed by atoms with Crippen molar-refractivity contribution in [2.45, 2.75) is 26.2 Å². The fourth-order valence-corrected chi connectivity index (χ4v) is 3.28. The molecule has 1 aliphatic heterocycles. The van der Waals surface area contributed by atoms with Crippen molar-refractivity contribution < 1.29 is 13.9 Å². The molecule has 2 aromatic rings. The first-order valence-electron chi connectivity index (χ1n) is 8.69. The minimum absolute atomic E-state index is 0. The lowest BCUT2D eigenvalue weighted by Crippen LogP contribution is -2.34. The second kappa shape index (κ2) is 9.05. The second-order valence-corrected chi connectivity index (χ2v) is 6.34. The van der Waals surface area contributed by atoms with Gasteiger partial charge in [0.25, 0.3) is 0 Å². The first-order chi connectivity index (χ1) is 12.1. The molecule has 7 heteroatoms. The van der Waals surface area contributed by atoms with Gasteiger partial charge in [-0.2, -0.15) is 0 Å². The first-order valence-corrected chi connectivity index (χ1v) is 8.69. The Labute approximate surface area is 158 Å². The van der Waals surface area contributed by atoms with E-state index in [1.807, 2.05) is 24.0 Å². The number of hydrogen-bond donors (Lipinski definition) is 1. The van der Waals surface area contributed by atoms with E-state index in [1.165, 1.54) is 0 Å². The number of benzene rings is 1. The average molecular weight is 381 g/mol. The van der Waals surface area contributed by atoms with Crippen molar-refractivity contribution >= 4 is 29.3 Å². The van der Waals surface area contributed by atoms with Crippen molar-refractivity contribution in [3.05, 3.63) is 39.7 Å². The number of fused-ring (bicyclic) bond motifs is 1. The first kappa shape index (κ1) is 20.3. The van der Waals surface area contributed by atoms with Crippen LogP contribution >= 0.6 is 12.4 Å². The highest BCUT2D eigenvalue weighted by atomic mass is 35.5. The maximum atomic E-state index is 12.4. The molecule has 0 saturated carbocycles. The highest BCUT2D eigenvalue weighted by Crippen LogP contribution is 2.24. The summed E-state index contributed by atoms with van der Waals surface area (Å²) < 4.78 is 10.6. The Hall–Kier alpha value is -2.05. The summed E-state index contributed by atoms with van der Waals surface area (Å²) in [5.41, 5.74) is 1.59. The lowest BCUT2D eigenvalue weighted by molar-refractivity contribution is -0.130. The highest BCUT2D eigenvalue weighted by Gasteiger charge is 2.18. The fourth-order valence-electron chi connectivity index (χ4n) is 3.28. The van der Waals surface area contributed by atoms with E-state index in [0.29, 0.717) is 29.7 Å². The van der Waals surface area contributed by atoms with Gasteiger partial charge in [-0.25, -0.2) is 4.79 Å². The van der Waals surface area contributed by atoms with Gasteiger partial charge in [0, 0.05) is 43.1 Å². The molecule has 142 valence electrons. The normalized spacial score (nSPS) is 14.6. The quantitative estimate of drug-likeness (QED) is 0.824. The molecule has 0 aliphatic carbocycles. The summed E-state index contributed by atoms with van der Waals surface area (Å²) in [6.45, 7) is 5.17. The summed E-state index contributed by atoms with van der Waals surface area (Å²) in [7, 11) is 1.57. The minimum Gasteiger partial charge on any atom is -0.497 e. The molecule has 0 spiro atoms. The maximum absolute atomic E-state index is 12.4. The van der Waals surface area contributed by atoms with Crippen molar-refractivity contribution in [2.24, 2.45) is 0 Å². The topological polar surface area (TPSA) is 71.8 Å². The van der Waals surface area contributed by atoms with Crippen LogP contribution in [0.1, 0.15) is 24.0 Å². The Bertz CT molecular complexity index is 826. The van der Waals surface area contributed by atoms with Gasteiger partial charge in [-0.15, -0.1) is 12.4 Å². The average Bonchev–Trinajstić information content (AvgIpc) is 2.90. The van der Waals surface area contributed by atoms with Crippen LogP contribution in [-0.4, -0.2) is 44.1 Å². The van der Waals surface area contributed by atoms with E-state index in [9.17, 15) is 9.59 Å². The Balaban J connectivity index is 0.00000243. The summed E-state index contributed by atoms with van der Waals surface area (Å²) >= 11 is 0. The number of nitrogens with one attached hydrogen (secondary N) is 1. The van der Waals surface area contributed by atoms with E-state index in [4.69, 9.17) is 9.15 Å². The summed E-state index contributed by atoms with van der Waals surface area (Å²) in [5.74, 6) is 0.741. The zero-order valence-corrected chi connectivity index (χ0v) is 16.0. The fraction of sp³-hybridized carbons (Fsp3) is 0.474. The zero-order chi connectivity index (χ0) is 17.8. The molecule has 6 nitrogen and oxygen atoms in total. The molecule has 26 heavy (non-hydrogen) atoms. The number of hydrogen-bond acceptors (Lipinski definition) is 5. The van der Waals surface area contributed by atoms with E-state index in [1.54, 1.807) is 13.2 Å². The molecule has 1 amide bonds. The Morgan fingerprint density at radius 2 is 2.12 bits per heavy atom. The third kappa shape index (κ3) is 4.37. The van der Waals surface area contributed by atoms with Crippen LogP contribution in [0.25, 0.3) is 11.0 Å². The predicted molar refractivity (Wildman–Crippen MR) is 103 cm³/mol. The van der Waals surface area contributed by atoms with E-state index in [-0.39, 0.29) is 23.9 Å². The van der Waals surface area contributed by atoms with Gasteiger partial charge in [-0.3, -0.25) is 4.79 Å². The van der Waals surface area contributed by atoms with Crippen molar-refractivity contribution in [2.75, 3.05) is 33.3 Å². The molecular formula is C19H25ClN2O4. The maximum Gasteiger partial charge on any atom is 0.339 e. The third-order valence-corrected chi connectivity index (χ3v) is 4.78. The number of methoxy groups -OCH3 is 1. The van der Waals surface area contributed by atoms with Crippen molar-refractivity contribution in [1.82, 2.24) is 10.2 Å². The van der Waals surface area contributed by atoms with Crippen molar-refractivity contribution in [3.8, 4) is 5.75 Å². The molecule has 1 saturated heterocycles. The lowest BCUT2D eigenvalue weighted by Gasteiger charge is -2.20. The lowest BCUT2D eigenvalue weighted by atomic mass is 10.0. The van der Waals surface area contributed by atoms with Gasteiger partial charge in [0.2, 0.25) is 5.91 Å². The number of nitrogens with zero attached hydrogens (tertiary/aromatic N) is 1. The molecule has 0 atom stereocenters. The van der Waals surface area contributed by atoms with Crippen LogP contribution in [-0.2, 0) is 11.2 Å². The number of amides is 1. The van der Waals surface area contributed by atoms with Gasteiger partial charge in [-0.1, -0.05) is 0 Å². The van der Waals surface area contributed by atoms with Crippen LogP contribution in [0.3, 0.4) is 0 Å². The Kier molecular flexibility index (Phi) is 7.06. The summed E-state index contributed by atoms with van der Waals surface area (Å²) in [5, 5.41) is 4.16. The van der Waals surface area contributed by atoms with Crippen LogP contribution in [0.4, 0.5) is 0 Å². The van der Waals surface area contributed by atoms with Crippen LogP contribution in [0.5, 0.6) is 5.75 Å². The van der Waals surface area contributed by atoms with E-state index in [2.05, 4.69) is 5.32 Å². The van der Waals surface area contributed by atoms with E-state index in [0.717, 1.165) is 43.5 Å². The van der Waals surface area contributed by atoms with Crippen molar-refractivity contribution in [3.63, 3.8) is 0 Å². The number of rotatable bonds is 4. The molecule has 1 aromatic carbocycles. The molecule has 1 aromatic heterocycles. The standard InChI is InChI=1S/C19H24N2O4.ClH/c1-13-15-5-4-14(24-2)12-17(15)25-19(23)16(13)6-7-18(22)21-10-3-8-20-9-11-21;/h4-5,12,20H,3,6-11H2,1-2H3;1H. The highest BCUT2D eigenvalue weighted by molar-refractivity contribution is 5.85. The van der Waals surface area contributed by atoms with Gasteiger partial charge in [-0.05, 0) is 44.0 Å². The molecule has 1 N–H and O–H groups in total. The van der Waals surface area contributed by atoms with E-state index >= 15 is 0 Å². The minimum atomic E-state index is -0.372. The molecule has 0 bridgehead atoms. The number of ether oxygens (including phenoxy) is 1. The molecule has 0 radical (unpaired) electrons.